The number of hydrogen-bond donors (Lipinski definition) is 0. The van der Waals surface area contributed by atoms with Crippen molar-refractivity contribution in [3.63, 3.8) is 0 Å². The van der Waals surface area contributed by atoms with Gasteiger partial charge >= 0.3 is 0 Å². The van der Waals surface area contributed by atoms with Crippen molar-refractivity contribution in [3.8, 4) is 20.9 Å². The molecule has 4 aromatic carbocycles. The van der Waals surface area contributed by atoms with Gasteiger partial charge in [-0.2, -0.15) is 0 Å². The van der Waals surface area contributed by atoms with Crippen LogP contribution in [0.2, 0.25) is 0 Å². The third-order valence-corrected chi connectivity index (χ3v) is 14.4. The van der Waals surface area contributed by atoms with Crippen LogP contribution in [0.1, 0.15) is 0 Å². The molecule has 6 heteroatoms. The highest BCUT2D eigenvalue weighted by Crippen LogP contribution is 2.47. The summed E-state index contributed by atoms with van der Waals surface area (Å²) in [5.41, 5.74) is 2.64. The zero-order valence-corrected chi connectivity index (χ0v) is 25.6. The van der Waals surface area contributed by atoms with Crippen molar-refractivity contribution in [1.82, 2.24) is 0 Å². The molecule has 10 aromatic rings. The maximum Gasteiger partial charge on any atom is 0.0542 e. The molecule has 0 unspecified atom stereocenters. The van der Waals surface area contributed by atoms with Crippen LogP contribution >= 0.6 is 68.0 Å². The Kier molecular flexibility index (Phi) is 4.64. The number of rotatable bonds is 2. The van der Waals surface area contributed by atoms with Gasteiger partial charge < -0.3 is 0 Å². The van der Waals surface area contributed by atoms with Crippen molar-refractivity contribution in [2.45, 2.75) is 0 Å². The van der Waals surface area contributed by atoms with E-state index in [-0.39, 0.29) is 0 Å². The monoisotopic (exact) mass is 616 g/mol. The number of fused-ring (bicyclic) bond motifs is 9. The average Bonchev–Trinajstić information content (AvgIpc) is 3.79. The fraction of sp³-hybridized carbons (Fsp3) is 0. The van der Waals surface area contributed by atoms with Gasteiger partial charge in [-0.15, -0.1) is 68.0 Å². The summed E-state index contributed by atoms with van der Waals surface area (Å²) in [7, 11) is 0. The maximum atomic E-state index is 2.40. The Morgan fingerprint density at radius 1 is 0.350 bits per heavy atom. The quantitative estimate of drug-likeness (QED) is 0.181. The minimum absolute atomic E-state index is 1.32. The predicted octanol–water partition coefficient (Wildman–Crippen LogP) is 13.5. The van der Waals surface area contributed by atoms with Crippen LogP contribution < -0.4 is 0 Å². The highest BCUT2D eigenvalue weighted by molar-refractivity contribution is 7.36. The van der Waals surface area contributed by atoms with E-state index in [0.717, 1.165) is 0 Å². The zero-order valence-electron chi connectivity index (χ0n) is 20.7. The van der Waals surface area contributed by atoms with Gasteiger partial charge in [0.2, 0.25) is 0 Å². The van der Waals surface area contributed by atoms with E-state index >= 15 is 0 Å². The van der Waals surface area contributed by atoms with Gasteiger partial charge in [-0.1, -0.05) is 24.3 Å². The summed E-state index contributed by atoms with van der Waals surface area (Å²) in [6.07, 6.45) is 0. The maximum absolute atomic E-state index is 2.40. The molecule has 0 aliphatic rings. The van der Waals surface area contributed by atoms with Crippen LogP contribution in [0.5, 0.6) is 0 Å². The smallest absolute Gasteiger partial charge is 0.0542 e. The summed E-state index contributed by atoms with van der Waals surface area (Å²) in [4.78, 5) is 2.70. The van der Waals surface area contributed by atoms with Crippen LogP contribution in [-0.4, -0.2) is 0 Å². The van der Waals surface area contributed by atoms with Crippen LogP contribution in [0.3, 0.4) is 0 Å². The van der Waals surface area contributed by atoms with Crippen LogP contribution in [0.15, 0.2) is 95.7 Å². The summed E-state index contributed by atoms with van der Waals surface area (Å²) in [5.74, 6) is 0. The SMILES string of the molecule is c1cc2cc3cc(-c4ccc5c(c4)sc4c6ccc(-c7cc8cc9ccsc9cc8s7)cc6sc54)sc3cc2s1. The first-order valence-electron chi connectivity index (χ1n) is 12.9. The van der Waals surface area contributed by atoms with E-state index in [2.05, 4.69) is 95.7 Å². The van der Waals surface area contributed by atoms with Crippen molar-refractivity contribution in [2.24, 2.45) is 0 Å². The first-order valence-corrected chi connectivity index (χ1v) is 18.0. The van der Waals surface area contributed by atoms with Gasteiger partial charge in [0.05, 0.1) is 9.40 Å². The molecular weight excluding hydrogens is 601 g/mol. The van der Waals surface area contributed by atoms with Gasteiger partial charge in [0.25, 0.3) is 0 Å². The van der Waals surface area contributed by atoms with Crippen LogP contribution in [0.25, 0.3) is 90.8 Å². The lowest BCUT2D eigenvalue weighted by atomic mass is 10.1. The fourth-order valence-electron chi connectivity index (χ4n) is 5.84. The van der Waals surface area contributed by atoms with Crippen molar-refractivity contribution in [2.75, 3.05) is 0 Å². The zero-order chi connectivity index (χ0) is 25.9. The molecule has 0 nitrogen and oxygen atoms in total. The lowest BCUT2D eigenvalue weighted by Gasteiger charge is -1.99. The molecule has 6 aromatic heterocycles. The molecule has 40 heavy (non-hydrogen) atoms. The molecule has 0 amide bonds. The second-order valence-electron chi connectivity index (χ2n) is 10.2. The number of hydrogen-bond acceptors (Lipinski definition) is 6. The second-order valence-corrected chi connectivity index (χ2v) is 16.4. The van der Waals surface area contributed by atoms with E-state index in [0.29, 0.717) is 0 Å². The topological polar surface area (TPSA) is 0 Å². The Hall–Kier alpha value is -3.10. The molecule has 0 radical (unpaired) electrons. The molecule has 0 bridgehead atoms. The Labute approximate surface area is 252 Å². The molecule has 0 saturated heterocycles. The third-order valence-electron chi connectivity index (χ3n) is 7.83. The van der Waals surface area contributed by atoms with E-state index in [1.165, 1.54) is 90.8 Å². The summed E-state index contributed by atoms with van der Waals surface area (Å²) < 4.78 is 11.1. The molecule has 188 valence electrons. The van der Waals surface area contributed by atoms with E-state index in [9.17, 15) is 0 Å². The van der Waals surface area contributed by atoms with Crippen molar-refractivity contribution < 1.29 is 0 Å². The average molecular weight is 617 g/mol. The largest absolute Gasteiger partial charge is 0.144 e. The van der Waals surface area contributed by atoms with Gasteiger partial charge in [-0.3, -0.25) is 0 Å². The lowest BCUT2D eigenvalue weighted by molar-refractivity contribution is 1.82. The standard InChI is InChI=1S/C34H16S6/c1-3-23-31(11-17(1)27-13-21-9-19-5-7-35-25(19)15-29(21)37-27)39-34-24-4-2-18(12-32(24)40-33(23)34)28-14-22-10-20-6-8-36-26(20)16-30(22)38-28/h1-16H. The molecule has 6 heterocycles. The van der Waals surface area contributed by atoms with E-state index in [1.54, 1.807) is 0 Å². The van der Waals surface area contributed by atoms with Crippen molar-refractivity contribution in [1.29, 1.82) is 0 Å². The van der Waals surface area contributed by atoms with E-state index in [1.807, 2.05) is 68.0 Å². The molecule has 0 aliphatic carbocycles. The Morgan fingerprint density at radius 2 is 0.850 bits per heavy atom. The highest BCUT2D eigenvalue weighted by atomic mass is 32.1. The number of benzene rings is 4. The van der Waals surface area contributed by atoms with Crippen molar-refractivity contribution >= 4 is 138 Å². The normalized spacial score (nSPS) is 12.5. The molecule has 0 spiro atoms. The van der Waals surface area contributed by atoms with Crippen LogP contribution in [-0.2, 0) is 0 Å². The minimum atomic E-state index is 1.32. The third kappa shape index (κ3) is 3.26. The summed E-state index contributed by atoms with van der Waals surface area (Å²) in [5, 5.41) is 12.5. The van der Waals surface area contributed by atoms with Gasteiger partial charge in [0, 0.05) is 48.7 Å². The number of thiophene rings is 6. The molecule has 0 atom stereocenters. The Bertz CT molecular complexity index is 2330. The fourth-order valence-corrected chi connectivity index (χ4v) is 12.5. The van der Waals surface area contributed by atoms with Gasteiger partial charge in [-0.05, 0) is 104 Å². The van der Waals surface area contributed by atoms with Gasteiger partial charge in [-0.25, -0.2) is 0 Å². The van der Waals surface area contributed by atoms with Gasteiger partial charge in [0.1, 0.15) is 0 Å². The van der Waals surface area contributed by atoms with E-state index in [4.69, 9.17) is 0 Å². The van der Waals surface area contributed by atoms with Crippen LogP contribution in [0, 0.1) is 0 Å². The first-order chi connectivity index (χ1) is 19.7. The molecule has 0 aliphatic heterocycles. The van der Waals surface area contributed by atoms with Gasteiger partial charge in [0.15, 0.2) is 0 Å². The summed E-state index contributed by atoms with van der Waals surface area (Å²) in [6, 6.07) is 32.7. The summed E-state index contributed by atoms with van der Waals surface area (Å²) >= 11 is 11.4. The molecule has 0 N–H and O–H groups in total. The lowest BCUT2D eigenvalue weighted by Crippen LogP contribution is -1.71. The summed E-state index contributed by atoms with van der Waals surface area (Å²) in [6.45, 7) is 0. The van der Waals surface area contributed by atoms with Crippen LogP contribution in [0.4, 0.5) is 0 Å². The molecule has 10 rings (SSSR count). The molecular formula is C34H16S6. The molecule has 0 saturated carbocycles. The second kappa shape index (κ2) is 8.23. The highest BCUT2D eigenvalue weighted by Gasteiger charge is 2.15. The predicted molar refractivity (Wildman–Crippen MR) is 187 cm³/mol. The van der Waals surface area contributed by atoms with Crippen molar-refractivity contribution in [3.05, 3.63) is 95.7 Å². The first kappa shape index (κ1) is 22.6. The molecule has 0 fully saturated rings. The minimum Gasteiger partial charge on any atom is -0.144 e. The Balaban J connectivity index is 1.07. The Morgan fingerprint density at radius 3 is 1.35 bits per heavy atom. The van der Waals surface area contributed by atoms with E-state index < -0.39 is 0 Å².